The van der Waals surface area contributed by atoms with Gasteiger partial charge in [0.2, 0.25) is 11.8 Å². The number of anilines is 2. The molecule has 48 heavy (non-hydrogen) atoms. The van der Waals surface area contributed by atoms with Crippen molar-refractivity contribution in [1.29, 1.82) is 0 Å². The molecular weight excluding hydrogens is 650 g/mol. The molecule has 0 saturated carbocycles. The molecule has 1 aliphatic heterocycles. The van der Waals surface area contributed by atoms with Gasteiger partial charge in [-0.2, -0.15) is 26.3 Å². The minimum atomic E-state index is -5.04. The molecule has 11 nitrogen and oxygen atoms in total. The zero-order valence-electron chi connectivity index (χ0n) is 26.4. The summed E-state index contributed by atoms with van der Waals surface area (Å²) >= 11 is 0. The van der Waals surface area contributed by atoms with E-state index in [1.807, 2.05) is 0 Å². The molecule has 4 rings (SSSR count). The highest BCUT2D eigenvalue weighted by Crippen LogP contribution is 2.47. The van der Waals surface area contributed by atoms with E-state index in [1.54, 1.807) is 26.8 Å². The Bertz CT molecular complexity index is 1650. The van der Waals surface area contributed by atoms with E-state index in [4.69, 9.17) is 15.2 Å². The highest BCUT2D eigenvalue weighted by atomic mass is 19.4. The summed E-state index contributed by atoms with van der Waals surface area (Å²) in [5.41, 5.74) is 3.88. The number of carbonyl (C=O) groups excluding carboxylic acids is 1. The summed E-state index contributed by atoms with van der Waals surface area (Å²) in [6.45, 7) is 4.60. The standard InChI is InChI=1S/C31H34F6N6O5/c1-5-29(38)14-20(26-22(8-9-23(41-26)47-4)43(29)28(46)48-6-2)25-16(3)21(7-10-24(44)45)40-27(42-25)39-15-17-11-18(30(32,33)34)13-19(12-17)31(35,36)37/h8-9,11-13,20H,5-7,10,14-15,38H2,1-4H3,(H,44,45)(H,39,40,42)/t20-,29+/m0/s1. The highest BCUT2D eigenvalue weighted by molar-refractivity contribution is 5.91. The fourth-order valence-electron chi connectivity index (χ4n) is 5.56. The summed E-state index contributed by atoms with van der Waals surface area (Å²) < 4.78 is 91.5. The van der Waals surface area contributed by atoms with Crippen molar-refractivity contribution >= 4 is 23.7 Å². The third-order valence-corrected chi connectivity index (χ3v) is 8.01. The molecule has 1 aliphatic rings. The molecule has 2 aromatic heterocycles. The number of carbonyl (C=O) groups is 2. The molecule has 2 atom stereocenters. The Morgan fingerprint density at radius 3 is 2.23 bits per heavy atom. The largest absolute Gasteiger partial charge is 0.481 e. The molecular formula is C31H34F6N6O5. The number of aryl methyl sites for hydroxylation is 1. The van der Waals surface area contributed by atoms with Gasteiger partial charge in [-0.3, -0.25) is 9.69 Å². The second kappa shape index (κ2) is 13.8. The van der Waals surface area contributed by atoms with Crippen LogP contribution in [0.5, 0.6) is 5.88 Å². The Labute approximate surface area is 271 Å². The lowest BCUT2D eigenvalue weighted by atomic mass is 9.80. The first-order chi connectivity index (χ1) is 22.4. The van der Waals surface area contributed by atoms with Gasteiger partial charge in [0.15, 0.2) is 0 Å². The van der Waals surface area contributed by atoms with Gasteiger partial charge < -0.3 is 25.6 Å². The number of halogens is 6. The van der Waals surface area contributed by atoms with Gasteiger partial charge >= 0.3 is 24.4 Å². The lowest BCUT2D eigenvalue weighted by molar-refractivity contribution is -0.143. The number of alkyl halides is 6. The van der Waals surface area contributed by atoms with E-state index < -0.39 is 53.7 Å². The summed E-state index contributed by atoms with van der Waals surface area (Å²) in [6.07, 6.45) is -10.9. The van der Waals surface area contributed by atoms with Crippen LogP contribution in [0.4, 0.5) is 42.8 Å². The Hall–Kier alpha value is -4.67. The molecule has 0 aliphatic carbocycles. The quantitative estimate of drug-likeness (QED) is 0.204. The summed E-state index contributed by atoms with van der Waals surface area (Å²) in [6, 6.07) is 4.33. The molecule has 1 aromatic carbocycles. The van der Waals surface area contributed by atoms with E-state index in [2.05, 4.69) is 20.3 Å². The van der Waals surface area contributed by atoms with Crippen molar-refractivity contribution in [3.63, 3.8) is 0 Å². The van der Waals surface area contributed by atoms with Crippen molar-refractivity contribution < 1.29 is 50.5 Å². The topological polar surface area (TPSA) is 153 Å². The van der Waals surface area contributed by atoms with Gasteiger partial charge in [-0.25, -0.2) is 19.7 Å². The summed E-state index contributed by atoms with van der Waals surface area (Å²) in [5, 5.41) is 12.1. The number of aliphatic carboxylic acids is 1. The number of hydrogen-bond acceptors (Lipinski definition) is 9. The maximum absolute atomic E-state index is 13.5. The minimum absolute atomic E-state index is 0.0299. The van der Waals surface area contributed by atoms with E-state index in [9.17, 15) is 41.0 Å². The van der Waals surface area contributed by atoms with E-state index in [1.165, 1.54) is 18.1 Å². The Morgan fingerprint density at radius 1 is 1.04 bits per heavy atom. The molecule has 260 valence electrons. The fourth-order valence-corrected chi connectivity index (χ4v) is 5.56. The number of aromatic nitrogens is 3. The van der Waals surface area contributed by atoms with Crippen LogP contribution >= 0.6 is 0 Å². The van der Waals surface area contributed by atoms with Crippen molar-refractivity contribution in [3.05, 3.63) is 69.7 Å². The molecule has 0 fully saturated rings. The number of benzene rings is 1. The molecule has 1 amide bonds. The monoisotopic (exact) mass is 684 g/mol. The number of rotatable bonds is 10. The number of fused-ring (bicyclic) bond motifs is 1. The van der Waals surface area contributed by atoms with Crippen LogP contribution in [0.3, 0.4) is 0 Å². The van der Waals surface area contributed by atoms with Crippen LogP contribution in [0.1, 0.15) is 78.4 Å². The van der Waals surface area contributed by atoms with Crippen LogP contribution in [0.2, 0.25) is 0 Å². The Morgan fingerprint density at radius 2 is 1.69 bits per heavy atom. The molecule has 0 unspecified atom stereocenters. The van der Waals surface area contributed by atoms with Crippen LogP contribution in [-0.2, 0) is 34.8 Å². The Balaban J connectivity index is 1.86. The van der Waals surface area contributed by atoms with Gasteiger partial charge in [0.1, 0.15) is 5.66 Å². The molecule has 0 radical (unpaired) electrons. The number of methoxy groups -OCH3 is 1. The first-order valence-electron chi connectivity index (χ1n) is 14.8. The van der Waals surface area contributed by atoms with Gasteiger partial charge in [-0.05, 0) is 62.1 Å². The Kier molecular flexibility index (Phi) is 10.4. The van der Waals surface area contributed by atoms with Crippen molar-refractivity contribution in [3.8, 4) is 5.88 Å². The number of carboxylic acid groups (broad SMARTS) is 1. The second-order valence-corrected chi connectivity index (χ2v) is 11.2. The second-order valence-electron chi connectivity index (χ2n) is 11.2. The van der Waals surface area contributed by atoms with E-state index in [-0.39, 0.29) is 61.4 Å². The van der Waals surface area contributed by atoms with Crippen LogP contribution in [-0.4, -0.2) is 51.5 Å². The predicted octanol–water partition coefficient (Wildman–Crippen LogP) is 6.42. The van der Waals surface area contributed by atoms with Crippen LogP contribution in [0, 0.1) is 6.92 Å². The highest BCUT2D eigenvalue weighted by Gasteiger charge is 2.47. The van der Waals surface area contributed by atoms with Gasteiger partial charge in [-0.15, -0.1) is 0 Å². The van der Waals surface area contributed by atoms with E-state index >= 15 is 0 Å². The van der Waals surface area contributed by atoms with E-state index in [0.29, 0.717) is 34.8 Å². The normalized spacial score (nSPS) is 17.9. The summed E-state index contributed by atoms with van der Waals surface area (Å²) in [4.78, 5) is 39.6. The van der Waals surface area contributed by atoms with Crippen LogP contribution in [0.25, 0.3) is 0 Å². The summed E-state index contributed by atoms with van der Waals surface area (Å²) in [7, 11) is 1.40. The number of pyridine rings is 1. The number of amides is 1. The molecule has 0 bridgehead atoms. The number of hydrogen-bond donors (Lipinski definition) is 3. The van der Waals surface area contributed by atoms with Gasteiger partial charge in [0.05, 0.1) is 48.3 Å². The zero-order valence-corrected chi connectivity index (χ0v) is 26.4. The third kappa shape index (κ3) is 7.72. The number of carboxylic acids is 1. The average molecular weight is 685 g/mol. The predicted molar refractivity (Wildman–Crippen MR) is 160 cm³/mol. The summed E-state index contributed by atoms with van der Waals surface area (Å²) in [5.74, 6) is -1.86. The van der Waals surface area contributed by atoms with Gasteiger partial charge in [0.25, 0.3) is 0 Å². The number of nitrogens with two attached hydrogens (primary N) is 1. The van der Waals surface area contributed by atoms with Crippen molar-refractivity contribution in [2.75, 3.05) is 23.9 Å². The molecule has 0 saturated heterocycles. The molecule has 3 heterocycles. The number of nitrogens with zero attached hydrogens (tertiary/aromatic N) is 4. The lowest BCUT2D eigenvalue weighted by Gasteiger charge is -2.46. The lowest BCUT2D eigenvalue weighted by Crippen LogP contribution is -2.61. The fraction of sp³-hybridized carbons (Fsp3) is 0.452. The third-order valence-electron chi connectivity index (χ3n) is 8.01. The SMILES string of the molecule is CCOC(=O)N1c2ccc(OC)nc2[C@H](c2nc(NCc3cc(C(F)(F)F)cc(C(F)(F)F)c3)nc(CCC(=O)O)c2C)C[C@@]1(N)CC. The van der Waals surface area contributed by atoms with Crippen LogP contribution in [0.15, 0.2) is 30.3 Å². The molecule has 17 heteroatoms. The molecule has 4 N–H and O–H groups in total. The number of nitrogens with one attached hydrogen (secondary N) is 1. The minimum Gasteiger partial charge on any atom is -0.481 e. The van der Waals surface area contributed by atoms with Crippen molar-refractivity contribution in [2.24, 2.45) is 5.73 Å². The first kappa shape index (κ1) is 36.2. The molecule has 0 spiro atoms. The maximum Gasteiger partial charge on any atom is 0.416 e. The van der Waals surface area contributed by atoms with E-state index in [0.717, 1.165) is 0 Å². The van der Waals surface area contributed by atoms with Crippen LogP contribution < -0.4 is 20.7 Å². The molecule has 3 aromatic rings. The van der Waals surface area contributed by atoms with Crippen molar-refractivity contribution in [2.45, 2.75) is 76.9 Å². The van der Waals surface area contributed by atoms with Crippen molar-refractivity contribution in [1.82, 2.24) is 15.0 Å². The van der Waals surface area contributed by atoms with Gasteiger partial charge in [0, 0.05) is 30.6 Å². The first-order valence-corrected chi connectivity index (χ1v) is 14.8. The smallest absolute Gasteiger partial charge is 0.416 e. The number of ether oxygens (including phenoxy) is 2. The zero-order chi connectivity index (χ0) is 35.6. The maximum atomic E-state index is 13.5. The van der Waals surface area contributed by atoms with Gasteiger partial charge in [-0.1, -0.05) is 6.92 Å². The average Bonchev–Trinajstić information content (AvgIpc) is 3.02.